The summed E-state index contributed by atoms with van der Waals surface area (Å²) in [6.45, 7) is 0. The molecule has 2 N–H and O–H groups in total. The average Bonchev–Trinajstić information content (AvgIpc) is 2.42. The maximum atomic E-state index is 12.2. The summed E-state index contributed by atoms with van der Waals surface area (Å²) >= 11 is 0. The van der Waals surface area contributed by atoms with Crippen LogP contribution in [0.5, 0.6) is 11.5 Å². The maximum Gasteiger partial charge on any atom is 0.235 e. The van der Waals surface area contributed by atoms with Gasteiger partial charge in [0.15, 0.2) is 0 Å². The predicted molar refractivity (Wildman–Crippen MR) is 74.1 cm³/mol. The molecule has 1 aliphatic carbocycles. The van der Waals surface area contributed by atoms with E-state index in [1.54, 1.807) is 6.07 Å². The molecule has 0 amide bonds. The SMILES string of the molecule is COc1ccc(NS(=O)(=O)C2CCCCC2)c(O)c1. The number of anilines is 1. The van der Waals surface area contributed by atoms with Crippen LogP contribution in [0.15, 0.2) is 18.2 Å². The van der Waals surface area contributed by atoms with Crippen LogP contribution >= 0.6 is 0 Å². The molecule has 1 aromatic carbocycles. The molecule has 19 heavy (non-hydrogen) atoms. The van der Waals surface area contributed by atoms with Crippen LogP contribution in [0.1, 0.15) is 32.1 Å². The second-order valence-corrected chi connectivity index (χ2v) is 6.75. The first-order chi connectivity index (χ1) is 9.03. The largest absolute Gasteiger partial charge is 0.506 e. The maximum absolute atomic E-state index is 12.2. The summed E-state index contributed by atoms with van der Waals surface area (Å²) in [5.74, 6) is 0.358. The number of methoxy groups -OCH3 is 1. The van der Waals surface area contributed by atoms with Crippen molar-refractivity contribution in [3.8, 4) is 11.5 Å². The van der Waals surface area contributed by atoms with Gasteiger partial charge in [0.2, 0.25) is 10.0 Å². The Balaban J connectivity index is 2.15. The zero-order valence-corrected chi connectivity index (χ0v) is 11.7. The van der Waals surface area contributed by atoms with Crippen LogP contribution in [-0.4, -0.2) is 25.9 Å². The number of ether oxygens (including phenoxy) is 1. The van der Waals surface area contributed by atoms with Gasteiger partial charge < -0.3 is 9.84 Å². The van der Waals surface area contributed by atoms with E-state index < -0.39 is 10.0 Å². The molecule has 0 bridgehead atoms. The number of sulfonamides is 1. The third-order valence-corrected chi connectivity index (χ3v) is 5.30. The van der Waals surface area contributed by atoms with Gasteiger partial charge in [0.1, 0.15) is 11.5 Å². The lowest BCUT2D eigenvalue weighted by molar-refractivity contribution is 0.408. The highest BCUT2D eigenvalue weighted by molar-refractivity contribution is 7.93. The zero-order chi connectivity index (χ0) is 13.9. The Kier molecular flexibility index (Phi) is 4.19. The van der Waals surface area contributed by atoms with E-state index in [1.165, 1.54) is 19.2 Å². The van der Waals surface area contributed by atoms with Gasteiger partial charge in [-0.3, -0.25) is 4.72 Å². The number of nitrogens with one attached hydrogen (secondary N) is 1. The fourth-order valence-electron chi connectivity index (χ4n) is 2.34. The average molecular weight is 285 g/mol. The molecule has 0 radical (unpaired) electrons. The number of hydrogen-bond donors (Lipinski definition) is 2. The van der Waals surface area contributed by atoms with Crippen LogP contribution < -0.4 is 9.46 Å². The van der Waals surface area contributed by atoms with Crippen molar-refractivity contribution in [2.24, 2.45) is 0 Å². The number of hydrogen-bond acceptors (Lipinski definition) is 4. The summed E-state index contributed by atoms with van der Waals surface area (Å²) < 4.78 is 31.8. The number of rotatable bonds is 4. The van der Waals surface area contributed by atoms with E-state index in [1.807, 2.05) is 0 Å². The van der Waals surface area contributed by atoms with Gasteiger partial charge in [-0.05, 0) is 25.0 Å². The van der Waals surface area contributed by atoms with Gasteiger partial charge in [0, 0.05) is 6.07 Å². The van der Waals surface area contributed by atoms with Gasteiger partial charge in [-0.25, -0.2) is 8.42 Å². The summed E-state index contributed by atoms with van der Waals surface area (Å²) in [4.78, 5) is 0. The molecule has 6 heteroatoms. The molecule has 5 nitrogen and oxygen atoms in total. The van der Waals surface area contributed by atoms with Gasteiger partial charge in [0.25, 0.3) is 0 Å². The molecule has 0 spiro atoms. The fourth-order valence-corrected chi connectivity index (χ4v) is 3.94. The highest BCUT2D eigenvalue weighted by atomic mass is 32.2. The molecular weight excluding hydrogens is 266 g/mol. The predicted octanol–water partition coefficient (Wildman–Crippen LogP) is 2.48. The van der Waals surface area contributed by atoms with Crippen molar-refractivity contribution in [1.29, 1.82) is 0 Å². The first-order valence-corrected chi connectivity index (χ1v) is 7.96. The molecular formula is C13H19NO4S. The Bertz CT molecular complexity index is 536. The van der Waals surface area contributed by atoms with E-state index in [-0.39, 0.29) is 16.7 Å². The molecule has 0 unspecified atom stereocenters. The first kappa shape index (κ1) is 14.0. The summed E-state index contributed by atoms with van der Waals surface area (Å²) in [6.07, 6.45) is 4.36. The summed E-state index contributed by atoms with van der Waals surface area (Å²) in [5.41, 5.74) is 0.200. The monoisotopic (exact) mass is 285 g/mol. The van der Waals surface area contributed by atoms with Crippen molar-refractivity contribution < 1.29 is 18.3 Å². The molecule has 1 aliphatic rings. The number of phenolic OH excluding ortho intramolecular Hbond substituents is 1. The van der Waals surface area contributed by atoms with E-state index in [2.05, 4.69) is 4.72 Å². The Labute approximate surface area is 113 Å². The number of phenols is 1. The topological polar surface area (TPSA) is 75.6 Å². The zero-order valence-electron chi connectivity index (χ0n) is 10.9. The first-order valence-electron chi connectivity index (χ1n) is 6.41. The third-order valence-electron chi connectivity index (χ3n) is 3.45. The van der Waals surface area contributed by atoms with Crippen molar-refractivity contribution >= 4 is 15.7 Å². The van der Waals surface area contributed by atoms with Gasteiger partial charge in [0.05, 0.1) is 18.0 Å². The van der Waals surface area contributed by atoms with Crippen molar-refractivity contribution in [1.82, 2.24) is 0 Å². The molecule has 0 aliphatic heterocycles. The van der Waals surface area contributed by atoms with E-state index in [0.717, 1.165) is 19.3 Å². The Morgan fingerprint density at radius 1 is 1.26 bits per heavy atom. The van der Waals surface area contributed by atoms with Crippen LogP contribution in [0.25, 0.3) is 0 Å². The minimum atomic E-state index is -3.43. The Morgan fingerprint density at radius 2 is 1.95 bits per heavy atom. The highest BCUT2D eigenvalue weighted by Crippen LogP contribution is 2.31. The van der Waals surface area contributed by atoms with Gasteiger partial charge in [-0.1, -0.05) is 19.3 Å². The summed E-state index contributed by atoms with van der Waals surface area (Å²) in [5, 5.41) is 9.42. The quantitative estimate of drug-likeness (QED) is 0.833. The lowest BCUT2D eigenvalue weighted by Crippen LogP contribution is -2.29. The van der Waals surface area contributed by atoms with Crippen molar-refractivity contribution in [3.63, 3.8) is 0 Å². The van der Waals surface area contributed by atoms with E-state index in [4.69, 9.17) is 4.74 Å². The van der Waals surface area contributed by atoms with Crippen molar-refractivity contribution in [2.75, 3.05) is 11.8 Å². The van der Waals surface area contributed by atoms with Crippen molar-refractivity contribution in [2.45, 2.75) is 37.4 Å². The minimum Gasteiger partial charge on any atom is -0.506 e. The molecule has 0 atom stereocenters. The van der Waals surface area contributed by atoms with Gasteiger partial charge >= 0.3 is 0 Å². The van der Waals surface area contributed by atoms with Crippen LogP contribution in [-0.2, 0) is 10.0 Å². The molecule has 2 rings (SSSR count). The number of benzene rings is 1. The van der Waals surface area contributed by atoms with Gasteiger partial charge in [-0.2, -0.15) is 0 Å². The lowest BCUT2D eigenvalue weighted by atomic mass is 10.0. The van der Waals surface area contributed by atoms with Crippen LogP contribution in [0, 0.1) is 0 Å². The van der Waals surface area contributed by atoms with E-state index >= 15 is 0 Å². The summed E-state index contributed by atoms with van der Waals surface area (Å²) in [7, 11) is -1.94. The fraction of sp³-hybridized carbons (Fsp3) is 0.538. The van der Waals surface area contributed by atoms with Crippen LogP contribution in [0.3, 0.4) is 0 Å². The summed E-state index contributed by atoms with van der Waals surface area (Å²) in [6, 6.07) is 4.51. The molecule has 0 aromatic heterocycles. The Morgan fingerprint density at radius 3 is 2.53 bits per heavy atom. The second-order valence-electron chi connectivity index (χ2n) is 4.79. The lowest BCUT2D eigenvalue weighted by Gasteiger charge is -2.22. The normalized spacial score (nSPS) is 17.1. The highest BCUT2D eigenvalue weighted by Gasteiger charge is 2.27. The van der Waals surface area contributed by atoms with Crippen LogP contribution in [0.4, 0.5) is 5.69 Å². The number of aromatic hydroxyl groups is 1. The molecule has 106 valence electrons. The molecule has 0 heterocycles. The van der Waals surface area contributed by atoms with Crippen molar-refractivity contribution in [3.05, 3.63) is 18.2 Å². The molecule has 0 saturated heterocycles. The van der Waals surface area contributed by atoms with E-state index in [9.17, 15) is 13.5 Å². The molecule has 1 aromatic rings. The second kappa shape index (κ2) is 5.69. The third kappa shape index (κ3) is 3.32. The Hall–Kier alpha value is -1.43. The van der Waals surface area contributed by atoms with Crippen LogP contribution in [0.2, 0.25) is 0 Å². The van der Waals surface area contributed by atoms with Gasteiger partial charge in [-0.15, -0.1) is 0 Å². The molecule has 1 saturated carbocycles. The minimum absolute atomic E-state index is 0.126. The molecule has 1 fully saturated rings. The smallest absolute Gasteiger partial charge is 0.235 e. The standard InChI is InChI=1S/C13H19NO4S/c1-18-10-7-8-12(13(15)9-10)14-19(16,17)11-5-3-2-4-6-11/h7-9,11,14-15H,2-6H2,1H3. The van der Waals surface area contributed by atoms with E-state index in [0.29, 0.717) is 18.6 Å².